The number of carbonyl (C=O) groups is 2. The highest BCUT2D eigenvalue weighted by molar-refractivity contribution is 5.97. The molecule has 0 N–H and O–H groups in total. The number of benzene rings is 2. The smallest absolute Gasteiger partial charge is 0.246 e. The van der Waals surface area contributed by atoms with Crippen LogP contribution < -0.4 is 0 Å². The average molecular weight is 322 g/mol. The number of piperazine rings is 1. The van der Waals surface area contributed by atoms with Crippen LogP contribution in [0.15, 0.2) is 36.4 Å². The summed E-state index contributed by atoms with van der Waals surface area (Å²) in [6.45, 7) is 5.16. The van der Waals surface area contributed by atoms with E-state index >= 15 is 0 Å². The van der Waals surface area contributed by atoms with Gasteiger partial charge in [0.15, 0.2) is 0 Å². The van der Waals surface area contributed by atoms with Gasteiger partial charge in [-0.1, -0.05) is 36.4 Å². The molecule has 0 aromatic heterocycles. The molecular weight excluding hydrogens is 300 g/mol. The number of amides is 2. The molecule has 2 aliphatic rings. The van der Waals surface area contributed by atoms with Crippen molar-refractivity contribution >= 4 is 22.6 Å². The highest BCUT2D eigenvalue weighted by atomic mass is 16.2. The fraction of sp³-hybridized carbons (Fsp3) is 0.400. The van der Waals surface area contributed by atoms with Gasteiger partial charge in [0.05, 0.1) is 0 Å². The van der Waals surface area contributed by atoms with Crippen LogP contribution in [-0.2, 0) is 16.1 Å². The molecule has 0 saturated carbocycles. The number of fused-ring (bicyclic) bond motifs is 2. The van der Waals surface area contributed by atoms with E-state index in [4.69, 9.17) is 0 Å². The fourth-order valence-electron chi connectivity index (χ4n) is 4.08. The molecule has 2 amide bonds. The predicted octanol–water partition coefficient (Wildman–Crippen LogP) is 2.87. The lowest BCUT2D eigenvalue weighted by Crippen LogP contribution is -2.61. The van der Waals surface area contributed by atoms with Crippen LogP contribution in [0.5, 0.6) is 0 Å². The van der Waals surface area contributed by atoms with Gasteiger partial charge in [0, 0.05) is 13.1 Å². The topological polar surface area (TPSA) is 40.6 Å². The molecule has 24 heavy (non-hydrogen) atoms. The molecule has 0 spiro atoms. The third-order valence-corrected chi connectivity index (χ3v) is 5.53. The molecule has 0 bridgehead atoms. The molecule has 2 atom stereocenters. The van der Waals surface area contributed by atoms with Crippen LogP contribution in [0.2, 0.25) is 0 Å². The minimum atomic E-state index is -0.384. The second-order valence-electron chi connectivity index (χ2n) is 6.91. The first-order valence-electron chi connectivity index (χ1n) is 8.66. The summed E-state index contributed by atoms with van der Waals surface area (Å²) in [5, 5.41) is 2.34. The summed E-state index contributed by atoms with van der Waals surface area (Å²) in [5.74, 6) is 0.196. The lowest BCUT2D eigenvalue weighted by molar-refractivity contribution is -0.159. The van der Waals surface area contributed by atoms with Crippen LogP contribution in [0.4, 0.5) is 0 Å². The number of hydrogen-bond donors (Lipinski definition) is 0. The van der Waals surface area contributed by atoms with Crippen molar-refractivity contribution in [1.29, 1.82) is 0 Å². The summed E-state index contributed by atoms with van der Waals surface area (Å²) < 4.78 is 0. The van der Waals surface area contributed by atoms with Crippen molar-refractivity contribution in [2.24, 2.45) is 0 Å². The molecule has 2 saturated heterocycles. The second kappa shape index (κ2) is 5.62. The highest BCUT2D eigenvalue weighted by Crippen LogP contribution is 2.30. The monoisotopic (exact) mass is 322 g/mol. The number of hydrogen-bond acceptors (Lipinski definition) is 2. The third kappa shape index (κ3) is 2.20. The number of rotatable bonds is 2. The minimum Gasteiger partial charge on any atom is -0.329 e. The summed E-state index contributed by atoms with van der Waals surface area (Å²) in [6, 6.07) is 11.8. The lowest BCUT2D eigenvalue weighted by Gasteiger charge is -2.41. The van der Waals surface area contributed by atoms with Gasteiger partial charge in [-0.05, 0) is 48.6 Å². The van der Waals surface area contributed by atoms with Crippen LogP contribution in [0.3, 0.4) is 0 Å². The van der Waals surface area contributed by atoms with Gasteiger partial charge in [-0.25, -0.2) is 0 Å². The quantitative estimate of drug-likeness (QED) is 0.853. The van der Waals surface area contributed by atoms with E-state index in [0.717, 1.165) is 30.5 Å². The van der Waals surface area contributed by atoms with Crippen molar-refractivity contribution in [3.63, 3.8) is 0 Å². The van der Waals surface area contributed by atoms with Gasteiger partial charge in [0.1, 0.15) is 12.1 Å². The van der Waals surface area contributed by atoms with E-state index in [1.165, 1.54) is 10.8 Å². The molecule has 2 aromatic rings. The van der Waals surface area contributed by atoms with Crippen molar-refractivity contribution in [3.8, 4) is 0 Å². The molecule has 124 valence electrons. The lowest BCUT2D eigenvalue weighted by atomic mass is 9.97. The summed E-state index contributed by atoms with van der Waals surface area (Å²) in [5.41, 5.74) is 2.31. The van der Waals surface area contributed by atoms with Gasteiger partial charge in [-0.2, -0.15) is 0 Å². The van der Waals surface area contributed by atoms with Crippen LogP contribution in [0, 0.1) is 6.92 Å². The second-order valence-corrected chi connectivity index (χ2v) is 6.91. The molecule has 4 nitrogen and oxygen atoms in total. The first-order valence-corrected chi connectivity index (χ1v) is 8.66. The van der Waals surface area contributed by atoms with Gasteiger partial charge in [0.2, 0.25) is 11.8 Å². The first kappa shape index (κ1) is 15.2. The Bertz CT molecular complexity index is 829. The predicted molar refractivity (Wildman–Crippen MR) is 93.4 cm³/mol. The zero-order valence-electron chi connectivity index (χ0n) is 14.2. The van der Waals surface area contributed by atoms with Crippen molar-refractivity contribution in [2.75, 3.05) is 6.54 Å². The van der Waals surface area contributed by atoms with Crippen molar-refractivity contribution < 1.29 is 9.59 Å². The van der Waals surface area contributed by atoms with E-state index in [0.29, 0.717) is 6.54 Å². The zero-order chi connectivity index (χ0) is 16.8. The van der Waals surface area contributed by atoms with Gasteiger partial charge >= 0.3 is 0 Å². The third-order valence-electron chi connectivity index (χ3n) is 5.53. The Morgan fingerprint density at radius 1 is 1.08 bits per heavy atom. The van der Waals surface area contributed by atoms with E-state index in [1.54, 1.807) is 9.80 Å². The van der Waals surface area contributed by atoms with Gasteiger partial charge < -0.3 is 9.80 Å². The van der Waals surface area contributed by atoms with Crippen molar-refractivity contribution in [2.45, 2.75) is 45.3 Å². The fourth-order valence-corrected chi connectivity index (χ4v) is 4.08. The molecule has 0 unspecified atom stereocenters. The van der Waals surface area contributed by atoms with E-state index in [2.05, 4.69) is 31.2 Å². The molecule has 2 aromatic carbocycles. The van der Waals surface area contributed by atoms with E-state index in [9.17, 15) is 9.59 Å². The normalized spacial score (nSPS) is 23.9. The van der Waals surface area contributed by atoms with Crippen LogP contribution in [-0.4, -0.2) is 40.2 Å². The number of carbonyl (C=O) groups excluding carboxylic acids is 2. The maximum Gasteiger partial charge on any atom is 0.246 e. The number of nitrogens with zero attached hydrogens (tertiary/aromatic N) is 2. The van der Waals surface area contributed by atoms with E-state index in [1.807, 2.05) is 19.1 Å². The maximum absolute atomic E-state index is 12.9. The molecule has 4 rings (SSSR count). The maximum atomic E-state index is 12.9. The van der Waals surface area contributed by atoms with Crippen molar-refractivity contribution in [1.82, 2.24) is 9.80 Å². The Balaban J connectivity index is 1.74. The molecule has 0 aliphatic carbocycles. The Morgan fingerprint density at radius 3 is 2.71 bits per heavy atom. The Labute approximate surface area is 142 Å². The van der Waals surface area contributed by atoms with Gasteiger partial charge in [-0.15, -0.1) is 0 Å². The highest BCUT2D eigenvalue weighted by Gasteiger charge is 2.45. The Morgan fingerprint density at radius 2 is 1.88 bits per heavy atom. The SMILES string of the molecule is Cc1ccc2ccccc2c1CN1C(=O)[C@H]2CCCN2C(=O)[C@@H]1C. The van der Waals surface area contributed by atoms with Crippen LogP contribution in [0.25, 0.3) is 10.8 Å². The molecule has 2 aliphatic heterocycles. The molecule has 2 heterocycles. The molecule has 0 radical (unpaired) electrons. The van der Waals surface area contributed by atoms with Crippen LogP contribution >= 0.6 is 0 Å². The Hall–Kier alpha value is -2.36. The van der Waals surface area contributed by atoms with E-state index in [-0.39, 0.29) is 23.9 Å². The molecular formula is C20H22N2O2. The van der Waals surface area contributed by atoms with Gasteiger partial charge in [0.25, 0.3) is 0 Å². The summed E-state index contributed by atoms with van der Waals surface area (Å²) in [7, 11) is 0. The van der Waals surface area contributed by atoms with Crippen LogP contribution in [0.1, 0.15) is 30.9 Å². The van der Waals surface area contributed by atoms with Gasteiger partial charge in [-0.3, -0.25) is 9.59 Å². The molecule has 2 fully saturated rings. The minimum absolute atomic E-state index is 0.0926. The number of aryl methyl sites for hydroxylation is 1. The summed E-state index contributed by atoms with van der Waals surface area (Å²) >= 11 is 0. The standard InChI is InChI=1S/C20H22N2O2/c1-13-9-10-15-6-3-4-7-16(15)17(13)12-22-14(2)19(23)21-11-5-8-18(21)20(22)24/h3-4,6-7,9-10,14,18H,5,8,11-12H2,1-2H3/t14-,18+/m0/s1. The first-order chi connectivity index (χ1) is 11.6. The zero-order valence-corrected chi connectivity index (χ0v) is 14.2. The Kier molecular flexibility index (Phi) is 3.56. The molecule has 4 heteroatoms. The van der Waals surface area contributed by atoms with E-state index < -0.39 is 0 Å². The summed E-state index contributed by atoms with van der Waals surface area (Å²) in [6.07, 6.45) is 1.72. The largest absolute Gasteiger partial charge is 0.329 e. The van der Waals surface area contributed by atoms with Crippen molar-refractivity contribution in [3.05, 3.63) is 47.5 Å². The summed E-state index contributed by atoms with van der Waals surface area (Å²) in [4.78, 5) is 29.1. The average Bonchev–Trinajstić information content (AvgIpc) is 3.08.